The number of carbonyl (C=O) groups excluding carboxylic acids is 2. The van der Waals surface area contributed by atoms with Crippen LogP contribution in [0.3, 0.4) is 0 Å². The van der Waals surface area contributed by atoms with Gasteiger partial charge in [0, 0.05) is 11.5 Å². The third-order valence-corrected chi connectivity index (χ3v) is 8.20. The number of aliphatic hydroxyl groups excluding tert-OH is 1. The van der Waals surface area contributed by atoms with E-state index in [0.29, 0.717) is 34.1 Å². The molecule has 204 valence electrons. The summed E-state index contributed by atoms with van der Waals surface area (Å²) in [5.41, 5.74) is 3.55. The molecule has 1 saturated heterocycles. The minimum absolute atomic E-state index is 0.0554. The van der Waals surface area contributed by atoms with Crippen molar-refractivity contribution in [2.75, 3.05) is 4.90 Å². The molecule has 0 aliphatic carbocycles. The molecule has 8 nitrogen and oxygen atoms in total. The van der Waals surface area contributed by atoms with Crippen LogP contribution in [0.4, 0.5) is 5.69 Å². The van der Waals surface area contributed by atoms with E-state index in [2.05, 4.69) is 4.98 Å². The fourth-order valence-electron chi connectivity index (χ4n) is 5.23. The van der Waals surface area contributed by atoms with E-state index in [4.69, 9.17) is 32.7 Å². The standard InChI is InChI=1S/C30H25Cl2N3O5/c1-17-24(14-34-16-33-26(31)27(34)32)39-30(40-25(17)19-11-9-18(15-36)10-12-19)20-5-4-6-21(13-20)35-28(37)22-7-2-3-8-23(22)29(35)38/h2-13,16-17,24-25,30,36H,14-15H2,1H3/t17-,24+,25+,30+/m0/s1. The van der Waals surface area contributed by atoms with E-state index in [9.17, 15) is 14.7 Å². The van der Waals surface area contributed by atoms with Crippen LogP contribution < -0.4 is 4.90 Å². The van der Waals surface area contributed by atoms with E-state index >= 15 is 0 Å². The molecule has 10 heteroatoms. The monoisotopic (exact) mass is 577 g/mol. The Bertz CT molecular complexity index is 1550. The first kappa shape index (κ1) is 26.7. The Morgan fingerprint density at radius 1 is 0.900 bits per heavy atom. The molecular weight excluding hydrogens is 553 g/mol. The minimum Gasteiger partial charge on any atom is -0.392 e. The average molecular weight is 578 g/mol. The highest BCUT2D eigenvalue weighted by atomic mass is 35.5. The predicted molar refractivity (Wildman–Crippen MR) is 149 cm³/mol. The first-order valence-corrected chi connectivity index (χ1v) is 13.6. The van der Waals surface area contributed by atoms with Crippen molar-refractivity contribution >= 4 is 40.7 Å². The largest absolute Gasteiger partial charge is 0.392 e. The van der Waals surface area contributed by atoms with Gasteiger partial charge in [0.05, 0.1) is 48.5 Å². The van der Waals surface area contributed by atoms with E-state index in [-0.39, 0.29) is 41.7 Å². The number of fused-ring (bicyclic) bond motifs is 1. The van der Waals surface area contributed by atoms with Crippen LogP contribution in [-0.4, -0.2) is 32.6 Å². The molecule has 4 aromatic rings. The summed E-state index contributed by atoms with van der Waals surface area (Å²) in [6.07, 6.45) is 0.0416. The Morgan fingerprint density at radius 3 is 2.23 bits per heavy atom. The second-order valence-corrected chi connectivity index (χ2v) is 10.6. The molecule has 2 aliphatic rings. The quantitative estimate of drug-likeness (QED) is 0.283. The molecule has 0 spiro atoms. The molecule has 4 atom stereocenters. The van der Waals surface area contributed by atoms with Crippen LogP contribution in [0.25, 0.3) is 0 Å². The number of amides is 2. The van der Waals surface area contributed by atoms with Gasteiger partial charge < -0.3 is 19.1 Å². The van der Waals surface area contributed by atoms with E-state index in [1.165, 1.54) is 4.90 Å². The number of anilines is 1. The summed E-state index contributed by atoms with van der Waals surface area (Å²) in [4.78, 5) is 31.5. The van der Waals surface area contributed by atoms with Crippen LogP contribution >= 0.6 is 23.2 Å². The molecule has 3 heterocycles. The molecule has 1 N–H and O–H groups in total. The lowest BCUT2D eigenvalue weighted by atomic mass is 9.90. The van der Waals surface area contributed by atoms with Crippen molar-refractivity contribution in [2.24, 2.45) is 5.92 Å². The van der Waals surface area contributed by atoms with Gasteiger partial charge in [0.2, 0.25) is 0 Å². The maximum Gasteiger partial charge on any atom is 0.266 e. The fraction of sp³-hybridized carbons (Fsp3) is 0.233. The van der Waals surface area contributed by atoms with Crippen molar-refractivity contribution in [3.63, 3.8) is 0 Å². The summed E-state index contributed by atoms with van der Waals surface area (Å²) >= 11 is 12.5. The zero-order valence-electron chi connectivity index (χ0n) is 21.4. The number of halogens is 2. The Kier molecular flexibility index (Phi) is 7.20. The van der Waals surface area contributed by atoms with Gasteiger partial charge in [-0.05, 0) is 35.4 Å². The molecule has 2 amide bonds. The molecule has 40 heavy (non-hydrogen) atoms. The van der Waals surface area contributed by atoms with Crippen molar-refractivity contribution < 1.29 is 24.2 Å². The van der Waals surface area contributed by atoms with Crippen molar-refractivity contribution in [2.45, 2.75) is 38.6 Å². The highest BCUT2D eigenvalue weighted by molar-refractivity contribution is 6.40. The van der Waals surface area contributed by atoms with E-state index in [1.807, 2.05) is 37.3 Å². The molecular formula is C30H25Cl2N3O5. The summed E-state index contributed by atoms with van der Waals surface area (Å²) in [6.45, 7) is 2.36. The van der Waals surface area contributed by atoms with Gasteiger partial charge in [0.15, 0.2) is 11.4 Å². The van der Waals surface area contributed by atoms with Crippen LogP contribution in [0.1, 0.15) is 56.7 Å². The Balaban J connectivity index is 1.34. The molecule has 0 saturated carbocycles. The van der Waals surface area contributed by atoms with E-state index < -0.39 is 6.29 Å². The molecule has 6 rings (SSSR count). The van der Waals surface area contributed by atoms with Gasteiger partial charge in [-0.15, -0.1) is 0 Å². The number of benzene rings is 3. The second-order valence-electron chi connectivity index (χ2n) is 9.89. The number of carbonyl (C=O) groups is 2. The summed E-state index contributed by atoms with van der Waals surface area (Å²) in [5.74, 6) is -0.848. The van der Waals surface area contributed by atoms with Gasteiger partial charge in [-0.25, -0.2) is 9.88 Å². The summed E-state index contributed by atoms with van der Waals surface area (Å²) in [6, 6.07) is 21.4. The zero-order valence-corrected chi connectivity index (χ0v) is 22.9. The maximum absolute atomic E-state index is 13.1. The van der Waals surface area contributed by atoms with Gasteiger partial charge in [-0.2, -0.15) is 0 Å². The number of aromatic nitrogens is 2. The molecule has 1 aromatic heterocycles. The molecule has 0 unspecified atom stereocenters. The van der Waals surface area contributed by atoms with Crippen molar-refractivity contribution in [3.8, 4) is 0 Å². The first-order chi connectivity index (χ1) is 19.4. The lowest BCUT2D eigenvalue weighted by molar-refractivity contribution is -0.276. The lowest BCUT2D eigenvalue weighted by Gasteiger charge is -2.41. The summed E-state index contributed by atoms with van der Waals surface area (Å²) in [7, 11) is 0. The minimum atomic E-state index is -0.809. The SMILES string of the molecule is C[C@H]1[C@@H](Cn2cnc(Cl)c2Cl)O[C@@H](c2cccc(N3C(=O)c4ccccc4C3=O)c2)O[C@H]1c1ccc(CO)cc1. The fourth-order valence-corrected chi connectivity index (χ4v) is 5.54. The third kappa shape index (κ3) is 4.72. The lowest BCUT2D eigenvalue weighted by Crippen LogP contribution is -2.39. The number of aliphatic hydroxyl groups is 1. The number of rotatable bonds is 6. The van der Waals surface area contributed by atoms with Gasteiger partial charge in [-0.1, -0.05) is 78.7 Å². The summed E-state index contributed by atoms with van der Waals surface area (Å²) < 4.78 is 14.7. The van der Waals surface area contributed by atoms with E-state index in [0.717, 1.165) is 11.1 Å². The number of hydrogen-bond acceptors (Lipinski definition) is 6. The van der Waals surface area contributed by atoms with Crippen LogP contribution in [0.5, 0.6) is 0 Å². The average Bonchev–Trinajstić information content (AvgIpc) is 3.44. The van der Waals surface area contributed by atoms with Gasteiger partial charge >= 0.3 is 0 Å². The highest BCUT2D eigenvalue weighted by Gasteiger charge is 2.40. The maximum atomic E-state index is 13.1. The third-order valence-electron chi connectivity index (χ3n) is 7.43. The van der Waals surface area contributed by atoms with Gasteiger partial charge in [0.1, 0.15) is 5.15 Å². The Morgan fingerprint density at radius 2 is 1.60 bits per heavy atom. The molecule has 3 aromatic carbocycles. The zero-order chi connectivity index (χ0) is 28.0. The van der Waals surface area contributed by atoms with Gasteiger partial charge in [0.25, 0.3) is 11.8 Å². The second kappa shape index (κ2) is 10.8. The van der Waals surface area contributed by atoms with E-state index in [1.54, 1.807) is 53.4 Å². The number of imide groups is 1. The normalized spacial score (nSPS) is 22.6. The van der Waals surface area contributed by atoms with Gasteiger partial charge in [-0.3, -0.25) is 9.59 Å². The molecule has 2 aliphatic heterocycles. The van der Waals surface area contributed by atoms with Crippen LogP contribution in [0.15, 0.2) is 79.1 Å². The molecule has 0 bridgehead atoms. The number of imidazole rings is 1. The molecule has 0 radical (unpaired) electrons. The molecule has 1 fully saturated rings. The first-order valence-electron chi connectivity index (χ1n) is 12.8. The highest BCUT2D eigenvalue weighted by Crippen LogP contribution is 2.43. The van der Waals surface area contributed by atoms with Crippen LogP contribution in [0.2, 0.25) is 10.3 Å². The van der Waals surface area contributed by atoms with Crippen molar-refractivity contribution in [1.29, 1.82) is 0 Å². The van der Waals surface area contributed by atoms with Crippen LogP contribution in [-0.2, 0) is 22.6 Å². The smallest absolute Gasteiger partial charge is 0.266 e. The number of hydrogen-bond donors (Lipinski definition) is 1. The van der Waals surface area contributed by atoms with Crippen molar-refractivity contribution in [3.05, 3.63) is 117 Å². The van der Waals surface area contributed by atoms with Crippen LogP contribution in [0, 0.1) is 5.92 Å². The predicted octanol–water partition coefficient (Wildman–Crippen LogP) is 5.97. The Hall–Kier alpha value is -3.53. The number of ether oxygens (including phenoxy) is 2. The summed E-state index contributed by atoms with van der Waals surface area (Å²) in [5, 5.41) is 10.0. The van der Waals surface area contributed by atoms with Crippen molar-refractivity contribution in [1.82, 2.24) is 9.55 Å². The Labute approximate surface area is 240 Å². The number of nitrogens with zero attached hydrogens (tertiary/aromatic N) is 3. The topological polar surface area (TPSA) is 93.9 Å².